The zero-order valence-electron chi connectivity index (χ0n) is 13.9. The van der Waals surface area contributed by atoms with E-state index in [-0.39, 0.29) is 17.4 Å². The van der Waals surface area contributed by atoms with Crippen LogP contribution < -0.4 is 10.6 Å². The molecule has 1 aromatic carbocycles. The van der Waals surface area contributed by atoms with Gasteiger partial charge in [0.05, 0.1) is 0 Å². The number of anilines is 2. The van der Waals surface area contributed by atoms with E-state index < -0.39 is 0 Å². The number of carbonyl (C=O) groups is 1. The second-order valence-electron chi connectivity index (χ2n) is 7.78. The summed E-state index contributed by atoms with van der Waals surface area (Å²) in [4.78, 5) is 14.7. The second kappa shape index (κ2) is 5.70. The number of nitrogens with zero attached hydrogens (tertiary/aromatic N) is 1. The average Bonchev–Trinajstić information content (AvgIpc) is 2.61. The summed E-state index contributed by atoms with van der Waals surface area (Å²) in [6.45, 7) is 11.0. The summed E-state index contributed by atoms with van der Waals surface area (Å²) in [5.74, 6) is 0.644. The standard InChI is InChI=1S/C18H28N2O/c1-12(11-18(3,4)5)8-17(21)20-13(2)9-14-10-15(19)6-7-16(14)20/h6-7,10,12-13H,8-9,11,19H2,1-5H3. The molecule has 1 aliphatic heterocycles. The first-order valence-electron chi connectivity index (χ1n) is 7.88. The van der Waals surface area contributed by atoms with Gasteiger partial charge in [0.15, 0.2) is 0 Å². The predicted octanol–water partition coefficient (Wildman–Crippen LogP) is 4.01. The Hall–Kier alpha value is -1.51. The lowest BCUT2D eigenvalue weighted by Gasteiger charge is -2.27. The van der Waals surface area contributed by atoms with Crippen molar-refractivity contribution in [3.8, 4) is 0 Å². The van der Waals surface area contributed by atoms with Crippen LogP contribution in [0.1, 0.15) is 53.0 Å². The van der Waals surface area contributed by atoms with Gasteiger partial charge in [-0.05, 0) is 54.9 Å². The third kappa shape index (κ3) is 3.78. The van der Waals surface area contributed by atoms with E-state index in [1.54, 1.807) is 0 Å². The molecule has 0 saturated heterocycles. The molecule has 1 aliphatic rings. The van der Waals surface area contributed by atoms with Crippen LogP contribution in [0.25, 0.3) is 0 Å². The zero-order valence-corrected chi connectivity index (χ0v) is 13.9. The van der Waals surface area contributed by atoms with Crippen molar-refractivity contribution in [2.75, 3.05) is 10.6 Å². The maximum absolute atomic E-state index is 12.7. The molecule has 0 spiro atoms. The summed E-state index contributed by atoms with van der Waals surface area (Å²) in [6.07, 6.45) is 2.58. The Morgan fingerprint density at radius 1 is 1.43 bits per heavy atom. The van der Waals surface area contributed by atoms with Crippen molar-refractivity contribution >= 4 is 17.3 Å². The van der Waals surface area contributed by atoms with Crippen LogP contribution >= 0.6 is 0 Å². The van der Waals surface area contributed by atoms with E-state index in [0.29, 0.717) is 12.3 Å². The van der Waals surface area contributed by atoms with E-state index in [4.69, 9.17) is 5.73 Å². The van der Waals surface area contributed by atoms with Crippen LogP contribution in [0.4, 0.5) is 11.4 Å². The number of benzene rings is 1. The van der Waals surface area contributed by atoms with E-state index in [2.05, 4.69) is 34.6 Å². The molecule has 0 aromatic heterocycles. The summed E-state index contributed by atoms with van der Waals surface area (Å²) < 4.78 is 0. The summed E-state index contributed by atoms with van der Waals surface area (Å²) in [5, 5.41) is 0. The molecule has 1 amide bonds. The Morgan fingerprint density at radius 2 is 2.10 bits per heavy atom. The fraction of sp³-hybridized carbons (Fsp3) is 0.611. The first-order chi connectivity index (χ1) is 9.67. The van der Waals surface area contributed by atoms with E-state index in [9.17, 15) is 4.79 Å². The highest BCUT2D eigenvalue weighted by atomic mass is 16.2. The number of amides is 1. The minimum atomic E-state index is 0.233. The first kappa shape index (κ1) is 15.9. The third-order valence-electron chi connectivity index (χ3n) is 4.07. The summed E-state index contributed by atoms with van der Waals surface area (Å²) >= 11 is 0. The van der Waals surface area contributed by atoms with Crippen molar-refractivity contribution in [2.45, 2.75) is 59.9 Å². The van der Waals surface area contributed by atoms with Crippen LogP contribution in [0.3, 0.4) is 0 Å². The maximum Gasteiger partial charge on any atom is 0.227 e. The van der Waals surface area contributed by atoms with Gasteiger partial charge in [0.2, 0.25) is 5.91 Å². The lowest BCUT2D eigenvalue weighted by molar-refractivity contribution is -0.119. The number of carbonyl (C=O) groups excluding carboxylic acids is 1. The number of nitrogens with two attached hydrogens (primary N) is 1. The van der Waals surface area contributed by atoms with Crippen molar-refractivity contribution in [2.24, 2.45) is 11.3 Å². The summed E-state index contributed by atoms with van der Waals surface area (Å²) in [5.41, 5.74) is 9.13. The highest BCUT2D eigenvalue weighted by Gasteiger charge is 2.31. The number of hydrogen-bond acceptors (Lipinski definition) is 2. The Labute approximate surface area is 128 Å². The van der Waals surface area contributed by atoms with Gasteiger partial charge in [-0.25, -0.2) is 0 Å². The normalized spacial score (nSPS) is 19.5. The molecule has 0 aliphatic carbocycles. The van der Waals surface area contributed by atoms with Gasteiger partial charge in [-0.3, -0.25) is 4.79 Å². The molecule has 0 fully saturated rings. The van der Waals surface area contributed by atoms with Gasteiger partial charge in [0.1, 0.15) is 0 Å². The van der Waals surface area contributed by atoms with E-state index in [1.807, 2.05) is 23.1 Å². The average molecular weight is 288 g/mol. The number of rotatable bonds is 3. The van der Waals surface area contributed by atoms with Crippen molar-refractivity contribution in [1.29, 1.82) is 0 Å². The summed E-state index contributed by atoms with van der Waals surface area (Å²) in [6, 6.07) is 6.10. The van der Waals surface area contributed by atoms with Crippen molar-refractivity contribution in [1.82, 2.24) is 0 Å². The van der Waals surface area contributed by atoms with Crippen LogP contribution in [0.15, 0.2) is 18.2 Å². The first-order valence-corrected chi connectivity index (χ1v) is 7.88. The van der Waals surface area contributed by atoms with E-state index in [1.165, 1.54) is 5.56 Å². The van der Waals surface area contributed by atoms with E-state index in [0.717, 1.165) is 24.2 Å². The molecule has 0 saturated carbocycles. The Bertz CT molecular complexity index is 531. The van der Waals surface area contributed by atoms with Gasteiger partial charge in [-0.2, -0.15) is 0 Å². The molecular formula is C18H28N2O. The fourth-order valence-electron chi connectivity index (χ4n) is 3.55. The lowest BCUT2D eigenvalue weighted by atomic mass is 9.84. The molecule has 3 nitrogen and oxygen atoms in total. The molecule has 0 radical (unpaired) electrons. The van der Waals surface area contributed by atoms with Crippen LogP contribution in [-0.4, -0.2) is 11.9 Å². The zero-order chi connectivity index (χ0) is 15.8. The van der Waals surface area contributed by atoms with Gasteiger partial charge in [0.25, 0.3) is 0 Å². The molecule has 21 heavy (non-hydrogen) atoms. The summed E-state index contributed by atoms with van der Waals surface area (Å²) in [7, 11) is 0. The van der Waals surface area contributed by atoms with Crippen molar-refractivity contribution in [3.63, 3.8) is 0 Å². The molecule has 2 atom stereocenters. The monoisotopic (exact) mass is 288 g/mol. The largest absolute Gasteiger partial charge is 0.399 e. The van der Waals surface area contributed by atoms with Gasteiger partial charge < -0.3 is 10.6 Å². The van der Waals surface area contributed by atoms with Gasteiger partial charge in [-0.15, -0.1) is 0 Å². The van der Waals surface area contributed by atoms with Gasteiger partial charge in [0, 0.05) is 23.8 Å². The molecule has 2 unspecified atom stereocenters. The molecule has 3 heteroatoms. The Balaban J connectivity index is 2.10. The smallest absolute Gasteiger partial charge is 0.227 e. The minimum absolute atomic E-state index is 0.233. The lowest BCUT2D eigenvalue weighted by Crippen LogP contribution is -2.36. The number of nitrogen functional groups attached to an aromatic ring is 1. The Morgan fingerprint density at radius 3 is 2.71 bits per heavy atom. The number of hydrogen-bond donors (Lipinski definition) is 1. The van der Waals surface area contributed by atoms with Crippen LogP contribution in [0.2, 0.25) is 0 Å². The third-order valence-corrected chi connectivity index (χ3v) is 4.07. The molecule has 2 N–H and O–H groups in total. The Kier molecular flexibility index (Phi) is 4.31. The molecule has 2 rings (SSSR count). The second-order valence-corrected chi connectivity index (χ2v) is 7.78. The number of fused-ring (bicyclic) bond motifs is 1. The molecule has 0 bridgehead atoms. The van der Waals surface area contributed by atoms with Crippen molar-refractivity contribution in [3.05, 3.63) is 23.8 Å². The predicted molar refractivity (Wildman–Crippen MR) is 89.4 cm³/mol. The minimum Gasteiger partial charge on any atom is -0.399 e. The molecule has 1 heterocycles. The highest BCUT2D eigenvalue weighted by molar-refractivity contribution is 5.96. The quantitative estimate of drug-likeness (QED) is 0.854. The van der Waals surface area contributed by atoms with Crippen LogP contribution in [-0.2, 0) is 11.2 Å². The van der Waals surface area contributed by atoms with Gasteiger partial charge in [-0.1, -0.05) is 27.7 Å². The SMILES string of the molecule is CC(CC(=O)N1c2ccc(N)cc2CC1C)CC(C)(C)C. The molecular weight excluding hydrogens is 260 g/mol. The van der Waals surface area contributed by atoms with Gasteiger partial charge >= 0.3 is 0 Å². The van der Waals surface area contributed by atoms with Crippen LogP contribution in [0, 0.1) is 11.3 Å². The highest BCUT2D eigenvalue weighted by Crippen LogP contribution is 2.35. The van der Waals surface area contributed by atoms with Crippen molar-refractivity contribution < 1.29 is 4.79 Å². The molecule has 1 aromatic rings. The fourth-order valence-corrected chi connectivity index (χ4v) is 3.55. The molecule has 116 valence electrons. The van der Waals surface area contributed by atoms with E-state index >= 15 is 0 Å². The van der Waals surface area contributed by atoms with Crippen LogP contribution in [0.5, 0.6) is 0 Å². The maximum atomic E-state index is 12.7. The topological polar surface area (TPSA) is 46.3 Å².